The fourth-order valence-corrected chi connectivity index (χ4v) is 3.51. The number of fused-ring (bicyclic) bond motifs is 1. The molecule has 1 atom stereocenters. The van der Waals surface area contributed by atoms with Crippen molar-refractivity contribution < 1.29 is 0 Å². The van der Waals surface area contributed by atoms with Gasteiger partial charge in [0.2, 0.25) is 0 Å². The van der Waals surface area contributed by atoms with Crippen molar-refractivity contribution in [3.05, 3.63) is 40.9 Å². The first-order valence-corrected chi connectivity index (χ1v) is 6.18. The Morgan fingerprint density at radius 1 is 1.33 bits per heavy atom. The third-order valence-electron chi connectivity index (χ3n) is 2.26. The van der Waals surface area contributed by atoms with E-state index in [1.807, 2.05) is 0 Å². The summed E-state index contributed by atoms with van der Waals surface area (Å²) >= 11 is 0.586. The Morgan fingerprint density at radius 2 is 2.17 bits per heavy atom. The molecule has 0 saturated heterocycles. The number of benzene rings is 1. The summed E-state index contributed by atoms with van der Waals surface area (Å²) in [4.78, 5) is 2.35. The molecule has 62 valence electrons. The van der Waals surface area contributed by atoms with Crippen LogP contribution < -0.4 is 4.46 Å². The third kappa shape index (κ3) is 1.35. The van der Waals surface area contributed by atoms with Gasteiger partial charge in [-0.25, -0.2) is 0 Å². The molecule has 0 bridgehead atoms. The van der Waals surface area contributed by atoms with Crippen LogP contribution in [0.2, 0.25) is 0 Å². The zero-order valence-corrected chi connectivity index (χ0v) is 8.87. The van der Waals surface area contributed by atoms with Gasteiger partial charge in [-0.05, 0) is 0 Å². The van der Waals surface area contributed by atoms with Crippen LogP contribution in [0.25, 0.3) is 0 Å². The molecule has 1 aliphatic rings. The van der Waals surface area contributed by atoms with Crippen molar-refractivity contribution in [1.82, 2.24) is 0 Å². The molecule has 0 spiro atoms. The van der Waals surface area contributed by atoms with E-state index in [0.29, 0.717) is 20.9 Å². The maximum absolute atomic E-state index is 2.36. The topological polar surface area (TPSA) is 0 Å². The van der Waals surface area contributed by atoms with Crippen molar-refractivity contribution in [3.8, 4) is 0 Å². The molecule has 0 fully saturated rings. The molecule has 1 aliphatic heterocycles. The summed E-state index contributed by atoms with van der Waals surface area (Å²) in [5.41, 5.74) is 1.56. The molecule has 1 aromatic carbocycles. The number of hydrogen-bond donors (Lipinski definition) is 0. The molecule has 1 heterocycles. The minimum absolute atomic E-state index is 0.586. The second-order valence-electron chi connectivity index (χ2n) is 3.00. The summed E-state index contributed by atoms with van der Waals surface area (Å²) in [5, 5.41) is 0. The summed E-state index contributed by atoms with van der Waals surface area (Å²) < 4.78 is 1.57. The Kier molecular flexibility index (Phi) is 2.34. The van der Waals surface area contributed by atoms with Crippen molar-refractivity contribution >= 4 is 19.4 Å². The summed E-state index contributed by atoms with van der Waals surface area (Å²) in [5.74, 6) is 0.678. The van der Waals surface area contributed by atoms with Gasteiger partial charge in [-0.2, -0.15) is 0 Å². The van der Waals surface area contributed by atoms with E-state index in [1.54, 1.807) is 10.0 Å². The Balaban J connectivity index is 2.43. The maximum atomic E-state index is 2.36. The summed E-state index contributed by atoms with van der Waals surface area (Å²) in [6.45, 7) is 2.25. The van der Waals surface area contributed by atoms with Crippen molar-refractivity contribution in [2.24, 2.45) is 0 Å². The Bertz CT molecular complexity index is 302. The van der Waals surface area contributed by atoms with Crippen LogP contribution >= 0.6 is 0 Å². The third-order valence-corrected chi connectivity index (χ3v) is 4.19. The Labute approximate surface area is 79.8 Å². The molecule has 0 amide bonds. The fraction of sp³-hybridized carbons (Fsp3) is 0.273. The number of allylic oxidation sites excluding steroid dienone is 1. The molecule has 1 heteroatoms. The normalized spacial score (nSPS) is 20.6. The van der Waals surface area contributed by atoms with Crippen LogP contribution in [0.5, 0.6) is 0 Å². The van der Waals surface area contributed by atoms with Crippen LogP contribution in [0.3, 0.4) is 0 Å². The van der Waals surface area contributed by atoms with Gasteiger partial charge >= 0.3 is 79.6 Å². The van der Waals surface area contributed by atoms with E-state index in [2.05, 4.69) is 42.2 Å². The molecule has 0 saturated carbocycles. The zero-order chi connectivity index (χ0) is 8.39. The van der Waals surface area contributed by atoms with Crippen LogP contribution in [-0.2, 0) is 0 Å². The van der Waals surface area contributed by atoms with E-state index < -0.39 is 0 Å². The first-order chi connectivity index (χ1) is 5.92. The van der Waals surface area contributed by atoms with Gasteiger partial charge in [-0.3, -0.25) is 0 Å². The molecule has 0 aromatic heterocycles. The van der Waals surface area contributed by atoms with Crippen molar-refractivity contribution in [2.75, 3.05) is 0 Å². The molecule has 0 nitrogen and oxygen atoms in total. The second kappa shape index (κ2) is 3.47. The second-order valence-corrected chi connectivity index (χ2v) is 4.99. The molecule has 1 unspecified atom stereocenters. The Morgan fingerprint density at radius 3 is 3.00 bits per heavy atom. The van der Waals surface area contributed by atoms with Crippen molar-refractivity contribution in [3.63, 3.8) is 0 Å². The monoisotopic (exact) mass is 224 g/mol. The van der Waals surface area contributed by atoms with Gasteiger partial charge in [-0.1, -0.05) is 0 Å². The molecule has 0 radical (unpaired) electrons. The van der Waals surface area contributed by atoms with E-state index in [1.165, 1.54) is 6.42 Å². The fourth-order valence-electron chi connectivity index (χ4n) is 1.56. The minimum atomic E-state index is 0.586. The molecular weight excluding hydrogens is 211 g/mol. The van der Waals surface area contributed by atoms with E-state index in [9.17, 15) is 0 Å². The first-order valence-electron chi connectivity index (χ1n) is 4.34. The SMILES string of the molecule is CCC1C=C[Se]c2ccccc21. The van der Waals surface area contributed by atoms with E-state index in [-0.39, 0.29) is 0 Å². The average molecular weight is 223 g/mol. The standard InChI is InChI=1S/C11H12Se/c1-2-9-7-8-12-11-6-4-3-5-10(9)11/h3-9H,2H2,1H3. The number of hydrogen-bond acceptors (Lipinski definition) is 0. The average Bonchev–Trinajstić information content (AvgIpc) is 2.17. The van der Waals surface area contributed by atoms with Gasteiger partial charge in [0.25, 0.3) is 0 Å². The van der Waals surface area contributed by atoms with Crippen LogP contribution in [0.15, 0.2) is 35.3 Å². The predicted molar refractivity (Wildman–Crippen MR) is 54.0 cm³/mol. The molecule has 12 heavy (non-hydrogen) atoms. The van der Waals surface area contributed by atoms with Gasteiger partial charge in [0, 0.05) is 0 Å². The van der Waals surface area contributed by atoms with Gasteiger partial charge < -0.3 is 0 Å². The van der Waals surface area contributed by atoms with Crippen LogP contribution in [0, 0.1) is 0 Å². The molecule has 0 aliphatic carbocycles. The van der Waals surface area contributed by atoms with Crippen molar-refractivity contribution in [2.45, 2.75) is 19.3 Å². The molecule has 1 aromatic rings. The predicted octanol–water partition coefficient (Wildman–Crippen LogP) is 2.04. The zero-order valence-electron chi connectivity index (χ0n) is 7.16. The Hall–Kier alpha value is -0.521. The van der Waals surface area contributed by atoms with E-state index in [4.69, 9.17) is 0 Å². The van der Waals surface area contributed by atoms with Gasteiger partial charge in [0.15, 0.2) is 0 Å². The van der Waals surface area contributed by atoms with Gasteiger partial charge in [-0.15, -0.1) is 0 Å². The summed E-state index contributed by atoms with van der Waals surface area (Å²) in [6.07, 6.45) is 3.59. The molecule has 0 N–H and O–H groups in total. The van der Waals surface area contributed by atoms with Gasteiger partial charge in [0.05, 0.1) is 0 Å². The van der Waals surface area contributed by atoms with Crippen LogP contribution in [0.1, 0.15) is 24.8 Å². The first kappa shape index (κ1) is 8.09. The van der Waals surface area contributed by atoms with Gasteiger partial charge in [0.1, 0.15) is 0 Å². The molecule has 2 rings (SSSR count). The van der Waals surface area contributed by atoms with E-state index >= 15 is 0 Å². The van der Waals surface area contributed by atoms with Crippen LogP contribution in [-0.4, -0.2) is 15.0 Å². The summed E-state index contributed by atoms with van der Waals surface area (Å²) in [6, 6.07) is 8.83. The molecular formula is C11H12Se. The summed E-state index contributed by atoms with van der Waals surface area (Å²) in [7, 11) is 0. The quantitative estimate of drug-likeness (QED) is 0.639. The van der Waals surface area contributed by atoms with Crippen LogP contribution in [0.4, 0.5) is 0 Å². The number of rotatable bonds is 1. The van der Waals surface area contributed by atoms with Crippen molar-refractivity contribution in [1.29, 1.82) is 0 Å². The van der Waals surface area contributed by atoms with E-state index in [0.717, 1.165) is 0 Å².